The van der Waals surface area contributed by atoms with Crippen molar-refractivity contribution in [2.75, 3.05) is 6.54 Å². The van der Waals surface area contributed by atoms with Crippen molar-refractivity contribution in [1.29, 1.82) is 0 Å². The molecule has 1 aromatic heterocycles. The van der Waals surface area contributed by atoms with Crippen LogP contribution in [-0.2, 0) is 24.1 Å². The molecule has 0 aliphatic heterocycles. The van der Waals surface area contributed by atoms with E-state index >= 15 is 0 Å². The number of rotatable bonds is 6. The van der Waals surface area contributed by atoms with Crippen molar-refractivity contribution >= 4 is 17.2 Å². The smallest absolute Gasteiger partial charge is 0.263 e. The number of hydrogen-bond donors (Lipinski definition) is 1. The lowest BCUT2D eigenvalue weighted by atomic mass is 10.1. The van der Waals surface area contributed by atoms with Crippen LogP contribution >= 0.6 is 11.3 Å². The summed E-state index contributed by atoms with van der Waals surface area (Å²) in [6, 6.07) is 6.16. The number of amides is 1. The first kappa shape index (κ1) is 16.0. The predicted octanol–water partition coefficient (Wildman–Crippen LogP) is 3.15. The van der Waals surface area contributed by atoms with Gasteiger partial charge < -0.3 is 10.1 Å². The average molecular weight is 330 g/mol. The van der Waals surface area contributed by atoms with Crippen LogP contribution in [0.1, 0.15) is 37.1 Å². The fraction of sp³-hybridized carbons (Fsp3) is 0.444. The minimum absolute atomic E-state index is 0.103. The maximum atomic E-state index is 12.4. The number of carbonyl (C=O) groups excluding carboxylic acids is 1. The van der Waals surface area contributed by atoms with Crippen molar-refractivity contribution in [2.45, 2.75) is 45.1 Å². The molecule has 2 aromatic rings. The van der Waals surface area contributed by atoms with Gasteiger partial charge in [-0.2, -0.15) is 0 Å². The summed E-state index contributed by atoms with van der Waals surface area (Å²) in [5.74, 6) is 0.665. The highest BCUT2D eigenvalue weighted by Crippen LogP contribution is 2.28. The van der Waals surface area contributed by atoms with E-state index in [9.17, 15) is 4.79 Å². The number of aromatic nitrogens is 1. The molecule has 1 N–H and O–H groups in total. The monoisotopic (exact) mass is 330 g/mol. The highest BCUT2D eigenvalue weighted by Gasteiger charge is 2.30. The average Bonchev–Trinajstić information content (AvgIpc) is 3.17. The summed E-state index contributed by atoms with van der Waals surface area (Å²) in [5, 5.41) is 4.93. The van der Waals surface area contributed by atoms with Gasteiger partial charge in [0, 0.05) is 18.3 Å². The number of thiazole rings is 1. The molecule has 122 valence electrons. The summed E-state index contributed by atoms with van der Waals surface area (Å²) in [4.78, 5) is 16.6. The molecule has 0 spiro atoms. The van der Waals surface area contributed by atoms with E-state index in [1.165, 1.54) is 17.5 Å². The topological polar surface area (TPSA) is 51.2 Å². The third kappa shape index (κ3) is 3.91. The maximum absolute atomic E-state index is 12.4. The molecule has 23 heavy (non-hydrogen) atoms. The number of benzene rings is 1. The van der Waals surface area contributed by atoms with E-state index < -0.39 is 5.60 Å². The first-order chi connectivity index (χ1) is 11.0. The lowest BCUT2D eigenvalue weighted by Gasteiger charge is -2.25. The molecule has 1 heterocycles. The van der Waals surface area contributed by atoms with Gasteiger partial charge in [0.15, 0.2) is 5.60 Å². The van der Waals surface area contributed by atoms with Crippen LogP contribution in [0.25, 0.3) is 0 Å². The van der Waals surface area contributed by atoms with Crippen LogP contribution in [0.3, 0.4) is 0 Å². The van der Waals surface area contributed by atoms with Crippen LogP contribution in [0.2, 0.25) is 0 Å². The third-order valence-corrected chi connectivity index (χ3v) is 4.78. The minimum Gasteiger partial charge on any atom is -0.478 e. The lowest BCUT2D eigenvalue weighted by Crippen LogP contribution is -2.47. The van der Waals surface area contributed by atoms with E-state index in [2.05, 4.69) is 22.4 Å². The van der Waals surface area contributed by atoms with Crippen LogP contribution in [-0.4, -0.2) is 23.0 Å². The Morgan fingerprint density at radius 1 is 1.35 bits per heavy atom. The molecular formula is C18H22N2O2S. The van der Waals surface area contributed by atoms with Crippen LogP contribution < -0.4 is 10.1 Å². The van der Waals surface area contributed by atoms with Gasteiger partial charge in [-0.05, 0) is 56.4 Å². The van der Waals surface area contributed by atoms with Crippen molar-refractivity contribution in [1.82, 2.24) is 10.3 Å². The molecule has 4 nitrogen and oxygen atoms in total. The summed E-state index contributed by atoms with van der Waals surface area (Å²) in [6.07, 6.45) is 4.20. The number of fused-ring (bicyclic) bond motifs is 1. The zero-order valence-electron chi connectivity index (χ0n) is 13.6. The van der Waals surface area contributed by atoms with Crippen LogP contribution in [0.5, 0.6) is 5.75 Å². The first-order valence-electron chi connectivity index (χ1n) is 8.01. The quantitative estimate of drug-likeness (QED) is 0.885. The van der Waals surface area contributed by atoms with Crippen molar-refractivity contribution in [2.24, 2.45) is 0 Å². The highest BCUT2D eigenvalue weighted by atomic mass is 32.1. The molecule has 0 atom stereocenters. The van der Waals surface area contributed by atoms with Gasteiger partial charge in [-0.1, -0.05) is 6.07 Å². The molecule has 0 unspecified atom stereocenters. The molecule has 0 saturated heterocycles. The van der Waals surface area contributed by atoms with Crippen LogP contribution in [0, 0.1) is 0 Å². The number of carbonyl (C=O) groups is 1. The normalized spacial score (nSPS) is 13.7. The molecule has 0 fully saturated rings. The summed E-state index contributed by atoms with van der Waals surface area (Å²) in [7, 11) is 0. The molecule has 1 amide bonds. The number of ether oxygens (including phenoxy) is 1. The van der Waals surface area contributed by atoms with Gasteiger partial charge in [0.25, 0.3) is 5.91 Å². The van der Waals surface area contributed by atoms with Crippen LogP contribution in [0.4, 0.5) is 0 Å². The van der Waals surface area contributed by atoms with Gasteiger partial charge in [-0.3, -0.25) is 4.79 Å². The molecule has 1 aliphatic rings. The van der Waals surface area contributed by atoms with Gasteiger partial charge in [0.05, 0.1) is 11.2 Å². The van der Waals surface area contributed by atoms with Crippen molar-refractivity contribution in [3.05, 3.63) is 45.9 Å². The predicted molar refractivity (Wildman–Crippen MR) is 92.0 cm³/mol. The van der Waals surface area contributed by atoms with Gasteiger partial charge in [0.2, 0.25) is 0 Å². The Bertz CT molecular complexity index is 680. The van der Waals surface area contributed by atoms with Crippen molar-refractivity contribution in [3.8, 4) is 5.75 Å². The molecule has 3 rings (SSSR count). The number of hydrogen-bond acceptors (Lipinski definition) is 4. The molecule has 0 saturated carbocycles. The summed E-state index contributed by atoms with van der Waals surface area (Å²) >= 11 is 1.57. The first-order valence-corrected chi connectivity index (χ1v) is 8.95. The zero-order valence-corrected chi connectivity index (χ0v) is 14.4. The second-order valence-corrected chi connectivity index (χ2v) is 7.10. The van der Waals surface area contributed by atoms with E-state index in [1.807, 2.05) is 11.4 Å². The van der Waals surface area contributed by atoms with E-state index in [0.29, 0.717) is 6.54 Å². The Labute approximate surface area is 140 Å². The molecule has 5 heteroatoms. The van der Waals surface area contributed by atoms with Crippen molar-refractivity contribution in [3.63, 3.8) is 0 Å². The largest absolute Gasteiger partial charge is 0.478 e. The molecule has 0 radical (unpaired) electrons. The summed E-state index contributed by atoms with van der Waals surface area (Å²) in [6.45, 7) is 4.18. The molecule has 1 aliphatic carbocycles. The second-order valence-electron chi connectivity index (χ2n) is 6.38. The third-order valence-electron chi connectivity index (χ3n) is 4.14. The lowest BCUT2D eigenvalue weighted by molar-refractivity contribution is -0.134. The molecule has 1 aromatic carbocycles. The second kappa shape index (κ2) is 6.71. The Hall–Kier alpha value is -1.88. The van der Waals surface area contributed by atoms with Gasteiger partial charge in [0.1, 0.15) is 5.75 Å². The maximum Gasteiger partial charge on any atom is 0.263 e. The molecule has 0 bridgehead atoms. The van der Waals surface area contributed by atoms with Crippen LogP contribution in [0.15, 0.2) is 29.1 Å². The SMILES string of the molecule is CC(C)(Oc1ccc2c(c1)CCC2)C(=O)NCCc1cscn1. The molecular weight excluding hydrogens is 308 g/mol. The van der Waals surface area contributed by atoms with E-state index in [4.69, 9.17) is 4.74 Å². The number of aryl methyl sites for hydroxylation is 2. The zero-order chi connectivity index (χ0) is 16.3. The van der Waals surface area contributed by atoms with Gasteiger partial charge >= 0.3 is 0 Å². The highest BCUT2D eigenvalue weighted by molar-refractivity contribution is 7.07. The Morgan fingerprint density at radius 3 is 2.96 bits per heavy atom. The Balaban J connectivity index is 1.56. The fourth-order valence-electron chi connectivity index (χ4n) is 2.83. The van der Waals surface area contributed by atoms with Gasteiger partial charge in [-0.15, -0.1) is 11.3 Å². The van der Waals surface area contributed by atoms with Crippen molar-refractivity contribution < 1.29 is 9.53 Å². The van der Waals surface area contributed by atoms with E-state index in [0.717, 1.165) is 30.7 Å². The fourth-order valence-corrected chi connectivity index (χ4v) is 3.42. The Kier molecular flexibility index (Phi) is 4.66. The minimum atomic E-state index is -0.894. The number of nitrogens with one attached hydrogen (secondary N) is 1. The van der Waals surface area contributed by atoms with E-state index in [1.54, 1.807) is 30.7 Å². The number of nitrogens with zero attached hydrogens (tertiary/aromatic N) is 1. The van der Waals surface area contributed by atoms with Gasteiger partial charge in [-0.25, -0.2) is 4.98 Å². The summed E-state index contributed by atoms with van der Waals surface area (Å²) in [5.41, 5.74) is 4.67. The summed E-state index contributed by atoms with van der Waals surface area (Å²) < 4.78 is 5.95. The van der Waals surface area contributed by atoms with E-state index in [-0.39, 0.29) is 5.91 Å². The Morgan fingerprint density at radius 2 is 2.17 bits per heavy atom. The standard InChI is InChI=1S/C18H22N2O2S/c1-18(2,17(21)19-9-8-15-11-23-12-20-15)22-16-7-6-13-4-3-5-14(13)10-16/h6-7,10-12H,3-5,8-9H2,1-2H3,(H,19,21).